The van der Waals surface area contributed by atoms with Crippen molar-refractivity contribution < 1.29 is 4.48 Å². The highest BCUT2D eigenvalue weighted by molar-refractivity contribution is 4.54. The fourth-order valence-corrected chi connectivity index (χ4v) is 5.05. The van der Waals surface area contributed by atoms with E-state index in [-0.39, 0.29) is 0 Å². The summed E-state index contributed by atoms with van der Waals surface area (Å²) in [6.07, 6.45) is 30.3. The average molecular weight is 425 g/mol. The predicted octanol–water partition coefficient (Wildman–Crippen LogP) is 10.1. The summed E-state index contributed by atoms with van der Waals surface area (Å²) >= 11 is 0. The molecule has 0 fully saturated rings. The largest absolute Gasteiger partial charge is 0.324 e. The third-order valence-electron chi connectivity index (χ3n) is 7.19. The summed E-state index contributed by atoms with van der Waals surface area (Å²) in [5.41, 5.74) is 0. The standard InChI is InChI=1S/C29H62N/c1-5-9-13-16-19-23-27-30(26-22-12-8-4,28-24-20-17-14-10-6-2)29-25-21-18-15-11-7-3/h5-29H2,1-4H3/q+1. The van der Waals surface area contributed by atoms with E-state index < -0.39 is 0 Å². The Morgan fingerprint density at radius 3 is 0.767 bits per heavy atom. The lowest BCUT2D eigenvalue weighted by Gasteiger charge is -2.39. The zero-order valence-electron chi connectivity index (χ0n) is 22.1. The Labute approximate surface area is 193 Å². The molecule has 0 spiro atoms. The van der Waals surface area contributed by atoms with Crippen molar-refractivity contribution in [2.24, 2.45) is 0 Å². The third-order valence-corrected chi connectivity index (χ3v) is 7.19. The van der Waals surface area contributed by atoms with Gasteiger partial charge >= 0.3 is 0 Å². The lowest BCUT2D eigenvalue weighted by Crippen LogP contribution is -2.50. The molecule has 30 heavy (non-hydrogen) atoms. The zero-order chi connectivity index (χ0) is 22.2. The van der Waals surface area contributed by atoms with Crippen molar-refractivity contribution in [2.75, 3.05) is 26.2 Å². The Morgan fingerprint density at radius 1 is 0.267 bits per heavy atom. The maximum Gasteiger partial charge on any atom is 0.0786 e. The van der Waals surface area contributed by atoms with Crippen LogP contribution in [-0.2, 0) is 0 Å². The van der Waals surface area contributed by atoms with Gasteiger partial charge in [0.25, 0.3) is 0 Å². The minimum Gasteiger partial charge on any atom is -0.324 e. The van der Waals surface area contributed by atoms with E-state index in [2.05, 4.69) is 27.7 Å². The molecule has 0 aromatic heterocycles. The summed E-state index contributed by atoms with van der Waals surface area (Å²) < 4.78 is 1.47. The molecule has 0 aliphatic rings. The Bertz CT molecular complexity index is 271. The lowest BCUT2D eigenvalue weighted by atomic mass is 10.1. The van der Waals surface area contributed by atoms with Gasteiger partial charge in [-0.2, -0.15) is 0 Å². The number of rotatable bonds is 25. The van der Waals surface area contributed by atoms with Crippen LogP contribution in [-0.4, -0.2) is 30.7 Å². The molecule has 0 aliphatic carbocycles. The molecule has 0 aromatic rings. The Hall–Kier alpha value is -0.0400. The van der Waals surface area contributed by atoms with E-state index in [1.807, 2.05) is 0 Å². The van der Waals surface area contributed by atoms with Gasteiger partial charge in [-0.05, 0) is 51.4 Å². The van der Waals surface area contributed by atoms with Gasteiger partial charge in [0.2, 0.25) is 0 Å². The number of quaternary nitrogens is 1. The maximum atomic E-state index is 2.36. The van der Waals surface area contributed by atoms with E-state index in [0.717, 1.165) is 0 Å². The molecule has 0 rings (SSSR count). The number of hydrogen-bond donors (Lipinski definition) is 0. The van der Waals surface area contributed by atoms with E-state index >= 15 is 0 Å². The van der Waals surface area contributed by atoms with E-state index in [1.54, 1.807) is 0 Å². The van der Waals surface area contributed by atoms with Crippen LogP contribution in [0.4, 0.5) is 0 Å². The summed E-state index contributed by atoms with van der Waals surface area (Å²) in [5.74, 6) is 0. The van der Waals surface area contributed by atoms with E-state index in [9.17, 15) is 0 Å². The van der Waals surface area contributed by atoms with Crippen LogP contribution >= 0.6 is 0 Å². The molecule has 0 N–H and O–H groups in total. The summed E-state index contributed by atoms with van der Waals surface area (Å²) in [4.78, 5) is 0. The van der Waals surface area contributed by atoms with Crippen LogP contribution in [0.5, 0.6) is 0 Å². The van der Waals surface area contributed by atoms with Gasteiger partial charge in [0.15, 0.2) is 0 Å². The summed E-state index contributed by atoms with van der Waals surface area (Å²) in [5, 5.41) is 0. The van der Waals surface area contributed by atoms with Gasteiger partial charge in [0.1, 0.15) is 0 Å². The molecule has 0 saturated heterocycles. The Morgan fingerprint density at radius 2 is 0.467 bits per heavy atom. The van der Waals surface area contributed by atoms with Crippen LogP contribution in [0.1, 0.15) is 163 Å². The Balaban J connectivity index is 4.61. The van der Waals surface area contributed by atoms with Gasteiger partial charge in [0.05, 0.1) is 26.2 Å². The molecule has 0 saturated carbocycles. The quantitative estimate of drug-likeness (QED) is 0.101. The van der Waals surface area contributed by atoms with Crippen molar-refractivity contribution >= 4 is 0 Å². The fraction of sp³-hybridized carbons (Fsp3) is 1.00. The normalized spacial score (nSPS) is 12.0. The third kappa shape index (κ3) is 18.7. The van der Waals surface area contributed by atoms with Gasteiger partial charge < -0.3 is 4.48 Å². The number of hydrogen-bond acceptors (Lipinski definition) is 0. The molecular weight excluding hydrogens is 362 g/mol. The number of nitrogens with zero attached hydrogens (tertiary/aromatic N) is 1. The predicted molar refractivity (Wildman–Crippen MR) is 139 cm³/mol. The molecule has 0 atom stereocenters. The van der Waals surface area contributed by atoms with Crippen molar-refractivity contribution in [1.29, 1.82) is 0 Å². The van der Waals surface area contributed by atoms with Gasteiger partial charge in [-0.15, -0.1) is 0 Å². The molecule has 0 radical (unpaired) electrons. The topological polar surface area (TPSA) is 0 Å². The minimum atomic E-state index is 1.37. The van der Waals surface area contributed by atoms with E-state index in [0.29, 0.717) is 0 Å². The number of unbranched alkanes of at least 4 members (excludes halogenated alkanes) is 17. The van der Waals surface area contributed by atoms with Crippen molar-refractivity contribution in [2.45, 2.75) is 163 Å². The van der Waals surface area contributed by atoms with Crippen molar-refractivity contribution in [3.05, 3.63) is 0 Å². The highest BCUT2D eigenvalue weighted by Crippen LogP contribution is 2.20. The summed E-state index contributed by atoms with van der Waals surface area (Å²) in [6.45, 7) is 15.2. The zero-order valence-corrected chi connectivity index (χ0v) is 22.1. The van der Waals surface area contributed by atoms with Gasteiger partial charge in [-0.3, -0.25) is 0 Å². The monoisotopic (exact) mass is 424 g/mol. The van der Waals surface area contributed by atoms with Crippen LogP contribution < -0.4 is 0 Å². The summed E-state index contributed by atoms with van der Waals surface area (Å²) in [6, 6.07) is 0. The summed E-state index contributed by atoms with van der Waals surface area (Å²) in [7, 11) is 0. The van der Waals surface area contributed by atoms with Crippen LogP contribution in [0.15, 0.2) is 0 Å². The second kappa shape index (κ2) is 23.6. The first kappa shape index (κ1) is 30.0. The molecule has 0 amide bonds. The molecular formula is C29H62N+. The SMILES string of the molecule is CCCCCCCC[N+](CCCCC)(CCCCCCCC)CCCCCCCC. The van der Waals surface area contributed by atoms with Crippen molar-refractivity contribution in [3.8, 4) is 0 Å². The van der Waals surface area contributed by atoms with Gasteiger partial charge in [-0.1, -0.05) is 111 Å². The molecule has 0 heterocycles. The first-order chi connectivity index (χ1) is 14.7. The van der Waals surface area contributed by atoms with Gasteiger partial charge in [0, 0.05) is 0 Å². The van der Waals surface area contributed by atoms with Crippen LogP contribution in [0, 0.1) is 0 Å². The molecule has 0 aromatic carbocycles. The molecule has 0 aliphatic heterocycles. The first-order valence-electron chi connectivity index (χ1n) is 14.6. The van der Waals surface area contributed by atoms with E-state index in [4.69, 9.17) is 0 Å². The van der Waals surface area contributed by atoms with Gasteiger partial charge in [-0.25, -0.2) is 0 Å². The second-order valence-corrected chi connectivity index (χ2v) is 10.2. The average Bonchev–Trinajstić information content (AvgIpc) is 2.75. The second-order valence-electron chi connectivity index (χ2n) is 10.2. The van der Waals surface area contributed by atoms with Crippen molar-refractivity contribution in [3.63, 3.8) is 0 Å². The van der Waals surface area contributed by atoms with Crippen molar-refractivity contribution in [1.82, 2.24) is 0 Å². The molecule has 0 bridgehead atoms. The fourth-order valence-electron chi connectivity index (χ4n) is 5.05. The Kier molecular flexibility index (Phi) is 23.6. The highest BCUT2D eigenvalue weighted by Gasteiger charge is 2.25. The maximum absolute atomic E-state index is 2.36. The molecule has 0 unspecified atom stereocenters. The first-order valence-corrected chi connectivity index (χ1v) is 14.6. The minimum absolute atomic E-state index is 1.37. The molecule has 182 valence electrons. The highest BCUT2D eigenvalue weighted by atomic mass is 15.3. The van der Waals surface area contributed by atoms with Crippen LogP contribution in [0.2, 0.25) is 0 Å². The lowest BCUT2D eigenvalue weighted by molar-refractivity contribution is -0.929. The molecule has 1 nitrogen and oxygen atoms in total. The van der Waals surface area contributed by atoms with Crippen LogP contribution in [0.3, 0.4) is 0 Å². The molecule has 1 heteroatoms. The van der Waals surface area contributed by atoms with E-state index in [1.165, 1.54) is 165 Å². The smallest absolute Gasteiger partial charge is 0.0786 e. The van der Waals surface area contributed by atoms with Crippen LogP contribution in [0.25, 0.3) is 0 Å².